The van der Waals surface area contributed by atoms with Crippen LogP contribution in [0.1, 0.15) is 78.3 Å². The summed E-state index contributed by atoms with van der Waals surface area (Å²) in [6.45, 7) is 13.3. The van der Waals surface area contributed by atoms with E-state index in [2.05, 4.69) is 119 Å². The Morgan fingerprint density at radius 1 is 0.587 bits per heavy atom. The Morgan fingerprint density at radius 3 is 1.41 bits per heavy atom. The third-order valence-corrected chi connectivity index (χ3v) is 9.43. The molecule has 0 unspecified atom stereocenters. The molecule has 0 saturated carbocycles. The van der Waals surface area contributed by atoms with Crippen LogP contribution in [0.4, 0.5) is 25.8 Å². The molecule has 6 heteroatoms. The normalized spacial score (nSPS) is 13.3. The third-order valence-electron chi connectivity index (χ3n) is 8.35. The van der Waals surface area contributed by atoms with Gasteiger partial charge in [-0.3, -0.25) is 9.59 Å². The van der Waals surface area contributed by atoms with Crippen molar-refractivity contribution in [1.29, 1.82) is 0 Å². The van der Waals surface area contributed by atoms with Crippen molar-refractivity contribution >= 4 is 46.0 Å². The number of nitrogens with zero attached hydrogens (tertiary/aromatic N) is 1. The van der Waals surface area contributed by atoms with E-state index in [0.29, 0.717) is 4.88 Å². The number of carbonyl (C=O) groups is 2. The van der Waals surface area contributed by atoms with Gasteiger partial charge >= 0.3 is 0 Å². The van der Waals surface area contributed by atoms with Crippen molar-refractivity contribution < 1.29 is 18.4 Å². The van der Waals surface area contributed by atoms with Crippen LogP contribution in [-0.2, 0) is 10.8 Å². The summed E-state index contributed by atoms with van der Waals surface area (Å²) in [5.41, 5.74) is 6.44. The van der Waals surface area contributed by atoms with Gasteiger partial charge < -0.3 is 4.90 Å². The molecule has 0 aliphatic heterocycles. The van der Waals surface area contributed by atoms with Gasteiger partial charge in [0.05, 0.1) is 5.57 Å². The van der Waals surface area contributed by atoms with E-state index < -0.39 is 23.2 Å². The number of ketones is 2. The molecule has 0 atom stereocenters. The summed E-state index contributed by atoms with van der Waals surface area (Å²) in [6, 6.07) is 31.1. The van der Waals surface area contributed by atoms with Gasteiger partial charge in [0.15, 0.2) is 23.2 Å². The number of hydrogen-bond acceptors (Lipinski definition) is 4. The molecule has 0 fully saturated rings. The van der Waals surface area contributed by atoms with Crippen molar-refractivity contribution in [3.8, 4) is 10.4 Å². The predicted octanol–water partition coefficient (Wildman–Crippen LogP) is 11.2. The Labute approximate surface area is 272 Å². The van der Waals surface area contributed by atoms with E-state index in [1.54, 1.807) is 0 Å². The zero-order valence-electron chi connectivity index (χ0n) is 26.7. The fourth-order valence-corrected chi connectivity index (χ4v) is 6.57. The van der Waals surface area contributed by atoms with Crippen LogP contribution in [0.3, 0.4) is 0 Å². The highest BCUT2D eigenvalue weighted by atomic mass is 32.1. The smallest absolute Gasteiger partial charge is 0.197 e. The zero-order chi connectivity index (χ0) is 33.0. The van der Waals surface area contributed by atoms with E-state index in [9.17, 15) is 18.4 Å². The molecule has 1 aromatic heterocycles. The maximum absolute atomic E-state index is 13.7. The minimum atomic E-state index is -1.15. The lowest BCUT2D eigenvalue weighted by atomic mass is 9.86. The summed E-state index contributed by atoms with van der Waals surface area (Å²) in [5.74, 6) is -3.48. The van der Waals surface area contributed by atoms with Gasteiger partial charge in [-0.05, 0) is 94.3 Å². The number of Topliss-reactive ketones (excluding diaryl/α,β-unsaturated/α-hetero) is 2. The average Bonchev–Trinajstić information content (AvgIpc) is 3.57. The van der Waals surface area contributed by atoms with E-state index in [0.717, 1.165) is 39.6 Å². The van der Waals surface area contributed by atoms with Gasteiger partial charge in [0.25, 0.3) is 0 Å². The number of rotatable bonds is 5. The zero-order valence-corrected chi connectivity index (χ0v) is 27.6. The highest BCUT2D eigenvalue weighted by Crippen LogP contribution is 2.39. The lowest BCUT2D eigenvalue weighted by Gasteiger charge is -2.28. The minimum Gasteiger partial charge on any atom is -0.311 e. The molecular formula is C40H35F2NO2S. The summed E-state index contributed by atoms with van der Waals surface area (Å²) >= 11 is 1.43. The molecule has 0 spiro atoms. The molecule has 3 nitrogen and oxygen atoms in total. The summed E-state index contributed by atoms with van der Waals surface area (Å²) in [6.07, 6.45) is 1.51. The number of carbonyl (C=O) groups excluding carboxylic acids is 2. The van der Waals surface area contributed by atoms with Gasteiger partial charge in [-0.2, -0.15) is 0 Å². The van der Waals surface area contributed by atoms with Crippen molar-refractivity contribution in [3.05, 3.63) is 141 Å². The number of benzene rings is 4. The highest BCUT2D eigenvalue weighted by Gasteiger charge is 2.34. The first kappa shape index (κ1) is 31.3. The van der Waals surface area contributed by atoms with Crippen LogP contribution in [-0.4, -0.2) is 11.6 Å². The predicted molar refractivity (Wildman–Crippen MR) is 185 cm³/mol. The fourth-order valence-electron chi connectivity index (χ4n) is 5.62. The Balaban J connectivity index is 1.30. The monoisotopic (exact) mass is 631 g/mol. The molecule has 1 aliphatic rings. The molecule has 1 heterocycles. The number of allylic oxidation sites excluding steroid dienone is 1. The standard InChI is InChI=1S/C40H35F2NO2S/c1-39(2,3)25-9-15-28(16-10-25)43(29-17-11-26(12-18-29)40(4,5)6)27-13-7-24(8-14-27)36-20-19-30(46-36)21-33-37(44)31-22-34(41)35(42)23-32(31)38(33)45/h7-23H,1-6H3. The topological polar surface area (TPSA) is 37.4 Å². The molecule has 46 heavy (non-hydrogen) atoms. The molecule has 0 bridgehead atoms. The quantitative estimate of drug-likeness (QED) is 0.143. The van der Waals surface area contributed by atoms with Crippen LogP contribution in [0, 0.1) is 11.6 Å². The van der Waals surface area contributed by atoms with Crippen molar-refractivity contribution in [2.75, 3.05) is 4.90 Å². The van der Waals surface area contributed by atoms with E-state index >= 15 is 0 Å². The second kappa shape index (κ2) is 11.6. The summed E-state index contributed by atoms with van der Waals surface area (Å²) in [4.78, 5) is 29.6. The molecule has 232 valence electrons. The first-order valence-electron chi connectivity index (χ1n) is 15.2. The lowest BCUT2D eigenvalue weighted by molar-refractivity contribution is 0.0990. The van der Waals surface area contributed by atoms with Gasteiger partial charge in [-0.15, -0.1) is 11.3 Å². The summed E-state index contributed by atoms with van der Waals surface area (Å²) < 4.78 is 27.5. The maximum atomic E-state index is 13.7. The Hall–Kier alpha value is -4.68. The number of anilines is 3. The van der Waals surface area contributed by atoms with Crippen molar-refractivity contribution in [3.63, 3.8) is 0 Å². The maximum Gasteiger partial charge on any atom is 0.197 e. The van der Waals surface area contributed by atoms with Gasteiger partial charge in [-0.1, -0.05) is 77.9 Å². The number of thiophene rings is 1. The van der Waals surface area contributed by atoms with Gasteiger partial charge in [-0.25, -0.2) is 8.78 Å². The number of fused-ring (bicyclic) bond motifs is 1. The van der Waals surface area contributed by atoms with Crippen LogP contribution in [0.5, 0.6) is 0 Å². The minimum absolute atomic E-state index is 0.0486. The summed E-state index contributed by atoms with van der Waals surface area (Å²) in [7, 11) is 0. The van der Waals surface area contributed by atoms with Gasteiger partial charge in [0.1, 0.15) is 0 Å². The fraction of sp³-hybridized carbons (Fsp3) is 0.200. The van der Waals surface area contributed by atoms with E-state index in [4.69, 9.17) is 0 Å². The van der Waals surface area contributed by atoms with E-state index in [1.807, 2.05) is 12.1 Å². The second-order valence-corrected chi connectivity index (χ2v) is 14.8. The van der Waals surface area contributed by atoms with E-state index in [1.165, 1.54) is 28.5 Å². The van der Waals surface area contributed by atoms with Crippen LogP contribution in [0.25, 0.3) is 16.5 Å². The first-order chi connectivity index (χ1) is 21.7. The van der Waals surface area contributed by atoms with Crippen LogP contribution < -0.4 is 4.90 Å². The number of halogens is 2. The summed E-state index contributed by atoms with van der Waals surface area (Å²) in [5, 5.41) is 0. The average molecular weight is 632 g/mol. The van der Waals surface area contributed by atoms with Crippen LogP contribution >= 0.6 is 11.3 Å². The molecule has 0 radical (unpaired) electrons. The third kappa shape index (κ3) is 5.97. The second-order valence-electron chi connectivity index (χ2n) is 13.7. The highest BCUT2D eigenvalue weighted by molar-refractivity contribution is 7.16. The number of hydrogen-bond donors (Lipinski definition) is 0. The van der Waals surface area contributed by atoms with Crippen LogP contribution in [0.15, 0.2) is 103 Å². The first-order valence-corrected chi connectivity index (χ1v) is 16.0. The Morgan fingerprint density at radius 2 is 1.00 bits per heavy atom. The molecule has 4 aromatic carbocycles. The Kier molecular flexibility index (Phi) is 7.89. The molecule has 5 aromatic rings. The molecular weight excluding hydrogens is 597 g/mol. The lowest BCUT2D eigenvalue weighted by Crippen LogP contribution is -2.14. The molecule has 1 aliphatic carbocycles. The molecule has 0 N–H and O–H groups in total. The van der Waals surface area contributed by atoms with Gasteiger partial charge in [0, 0.05) is 37.9 Å². The van der Waals surface area contributed by atoms with Crippen LogP contribution in [0.2, 0.25) is 0 Å². The molecule has 6 rings (SSSR count). The largest absolute Gasteiger partial charge is 0.311 e. The van der Waals surface area contributed by atoms with Crippen molar-refractivity contribution in [1.82, 2.24) is 0 Å². The Bertz CT molecular complexity index is 1890. The van der Waals surface area contributed by atoms with E-state index in [-0.39, 0.29) is 27.5 Å². The molecule has 0 saturated heterocycles. The molecule has 0 amide bonds. The SMILES string of the molecule is CC(C)(C)c1ccc(N(c2ccc(-c3ccc(C=C4C(=O)c5cc(F)c(F)cc5C4=O)s3)cc2)c2ccc(C(C)(C)C)cc2)cc1. The van der Waals surface area contributed by atoms with Crippen molar-refractivity contribution in [2.45, 2.75) is 52.4 Å². The van der Waals surface area contributed by atoms with Crippen molar-refractivity contribution in [2.24, 2.45) is 0 Å². The van der Waals surface area contributed by atoms with Gasteiger partial charge in [0.2, 0.25) is 0 Å².